The Hall–Kier alpha value is -3.48. The molecule has 7 heteroatoms. The number of aromatic amines is 1. The molecule has 0 bridgehead atoms. The third-order valence-corrected chi connectivity index (χ3v) is 4.07. The number of methoxy groups -OCH3 is 1. The molecule has 4 rings (SSSR count). The minimum atomic E-state index is 0.576. The van der Waals surface area contributed by atoms with Crippen molar-refractivity contribution in [3.8, 4) is 28.3 Å². The Balaban J connectivity index is 1.86. The molecule has 7 nitrogen and oxygen atoms in total. The van der Waals surface area contributed by atoms with Crippen LogP contribution in [-0.2, 0) is 0 Å². The number of H-pyrrole nitrogens is 1. The molecule has 0 aliphatic carbocycles. The van der Waals surface area contributed by atoms with E-state index < -0.39 is 0 Å². The van der Waals surface area contributed by atoms with Crippen molar-refractivity contribution < 1.29 is 4.74 Å². The van der Waals surface area contributed by atoms with Crippen LogP contribution in [0.1, 0.15) is 0 Å². The number of hydrogen-bond donors (Lipinski definition) is 2. The number of ether oxygens (including phenoxy) is 1. The maximum atomic E-state index is 5.23. The summed E-state index contributed by atoms with van der Waals surface area (Å²) >= 11 is 0. The number of rotatable bonds is 4. The van der Waals surface area contributed by atoms with E-state index in [2.05, 4.69) is 36.8 Å². The number of pyridine rings is 1. The highest BCUT2D eigenvalue weighted by Crippen LogP contribution is 2.34. The van der Waals surface area contributed by atoms with Crippen LogP contribution in [0.5, 0.6) is 5.88 Å². The molecule has 0 unspecified atom stereocenters. The van der Waals surface area contributed by atoms with Crippen molar-refractivity contribution in [1.29, 1.82) is 0 Å². The highest BCUT2D eigenvalue weighted by Gasteiger charge is 2.13. The Morgan fingerprint density at radius 3 is 2.68 bits per heavy atom. The predicted molar refractivity (Wildman–Crippen MR) is 96.4 cm³/mol. The molecular formula is C18H16N6O. The second-order valence-electron chi connectivity index (χ2n) is 5.46. The molecule has 2 N–H and O–H groups in total. The molecule has 1 aromatic carbocycles. The number of nitrogens with one attached hydrogen (secondary N) is 2. The van der Waals surface area contributed by atoms with Gasteiger partial charge in [-0.2, -0.15) is 5.10 Å². The molecule has 3 heterocycles. The van der Waals surface area contributed by atoms with Crippen LogP contribution in [0.2, 0.25) is 0 Å². The quantitative estimate of drug-likeness (QED) is 0.597. The van der Waals surface area contributed by atoms with Crippen LogP contribution in [0, 0.1) is 0 Å². The van der Waals surface area contributed by atoms with Crippen LogP contribution in [0.25, 0.3) is 33.3 Å². The number of anilines is 1. The molecule has 0 saturated carbocycles. The molecule has 0 aliphatic rings. The second kappa shape index (κ2) is 6.20. The van der Waals surface area contributed by atoms with Gasteiger partial charge in [-0.3, -0.25) is 5.10 Å². The van der Waals surface area contributed by atoms with Crippen LogP contribution in [0.4, 0.5) is 5.82 Å². The summed E-state index contributed by atoms with van der Waals surface area (Å²) in [4.78, 5) is 4.16. The molecule has 0 atom stereocenters. The zero-order valence-corrected chi connectivity index (χ0v) is 13.8. The summed E-state index contributed by atoms with van der Waals surface area (Å²) in [5, 5.41) is 19.7. The Morgan fingerprint density at radius 1 is 1.04 bits per heavy atom. The largest absolute Gasteiger partial charge is 0.481 e. The summed E-state index contributed by atoms with van der Waals surface area (Å²) in [5.41, 5.74) is 4.72. The average molecular weight is 332 g/mol. The molecule has 0 aliphatic heterocycles. The van der Waals surface area contributed by atoms with Crippen LogP contribution < -0.4 is 10.1 Å². The zero-order valence-electron chi connectivity index (χ0n) is 13.8. The van der Waals surface area contributed by atoms with Gasteiger partial charge < -0.3 is 10.1 Å². The van der Waals surface area contributed by atoms with Crippen molar-refractivity contribution >= 4 is 16.7 Å². The lowest BCUT2D eigenvalue weighted by Gasteiger charge is -2.08. The SMILES string of the molecule is CNc1ccc(-c2ccc(-c3ccnc(OC)c3)c3cn[nH]c23)nn1. The van der Waals surface area contributed by atoms with E-state index in [1.807, 2.05) is 43.6 Å². The van der Waals surface area contributed by atoms with Gasteiger partial charge in [0, 0.05) is 30.3 Å². The molecular weight excluding hydrogens is 316 g/mol. The maximum absolute atomic E-state index is 5.23. The van der Waals surface area contributed by atoms with E-state index in [4.69, 9.17) is 4.74 Å². The zero-order chi connectivity index (χ0) is 17.2. The van der Waals surface area contributed by atoms with Gasteiger partial charge in [-0.15, -0.1) is 10.2 Å². The number of hydrogen-bond acceptors (Lipinski definition) is 6. The normalized spacial score (nSPS) is 10.8. The fourth-order valence-electron chi connectivity index (χ4n) is 2.80. The minimum Gasteiger partial charge on any atom is -0.481 e. The standard InChI is InChI=1S/C18H16N6O/c1-19-16-6-5-15(22-23-16)13-4-3-12(14-10-21-24-18(13)14)11-7-8-20-17(9-11)25-2/h3-10H,1-2H3,(H,19,23)(H,21,24). The molecule has 0 fully saturated rings. The first kappa shape index (κ1) is 15.1. The Labute approximate surface area is 144 Å². The summed E-state index contributed by atoms with van der Waals surface area (Å²) in [6, 6.07) is 11.8. The first-order valence-electron chi connectivity index (χ1n) is 7.78. The lowest BCUT2D eigenvalue weighted by molar-refractivity contribution is 0.398. The molecule has 0 saturated heterocycles. The number of aromatic nitrogens is 5. The fraction of sp³-hybridized carbons (Fsp3) is 0.111. The smallest absolute Gasteiger partial charge is 0.213 e. The molecule has 124 valence electrons. The molecule has 0 amide bonds. The Bertz CT molecular complexity index is 1030. The van der Waals surface area contributed by atoms with E-state index in [-0.39, 0.29) is 0 Å². The van der Waals surface area contributed by atoms with Crippen molar-refractivity contribution in [2.45, 2.75) is 0 Å². The van der Waals surface area contributed by atoms with E-state index in [0.717, 1.165) is 39.1 Å². The molecule has 0 spiro atoms. The van der Waals surface area contributed by atoms with Gasteiger partial charge in [0.15, 0.2) is 0 Å². The highest BCUT2D eigenvalue weighted by molar-refractivity contribution is 6.02. The highest BCUT2D eigenvalue weighted by atomic mass is 16.5. The summed E-state index contributed by atoms with van der Waals surface area (Å²) in [7, 11) is 3.42. The van der Waals surface area contributed by atoms with Crippen LogP contribution in [-0.4, -0.2) is 39.5 Å². The van der Waals surface area contributed by atoms with Crippen LogP contribution in [0.3, 0.4) is 0 Å². The van der Waals surface area contributed by atoms with E-state index >= 15 is 0 Å². The fourth-order valence-corrected chi connectivity index (χ4v) is 2.80. The topological polar surface area (TPSA) is 88.6 Å². The monoisotopic (exact) mass is 332 g/mol. The predicted octanol–water partition coefficient (Wildman–Crippen LogP) is 3.13. The van der Waals surface area contributed by atoms with Gasteiger partial charge in [-0.1, -0.05) is 6.07 Å². The van der Waals surface area contributed by atoms with Gasteiger partial charge in [0.05, 0.1) is 24.5 Å². The van der Waals surface area contributed by atoms with Crippen molar-refractivity contribution in [3.63, 3.8) is 0 Å². The Morgan fingerprint density at radius 2 is 1.92 bits per heavy atom. The number of nitrogens with zero attached hydrogens (tertiary/aromatic N) is 4. The van der Waals surface area contributed by atoms with Gasteiger partial charge in [0.2, 0.25) is 5.88 Å². The summed E-state index contributed by atoms with van der Waals surface area (Å²) in [6.07, 6.45) is 3.55. The molecule has 25 heavy (non-hydrogen) atoms. The number of benzene rings is 1. The van der Waals surface area contributed by atoms with Crippen LogP contribution in [0.15, 0.2) is 48.8 Å². The third kappa shape index (κ3) is 2.65. The van der Waals surface area contributed by atoms with Gasteiger partial charge >= 0.3 is 0 Å². The lowest BCUT2D eigenvalue weighted by atomic mass is 9.99. The van der Waals surface area contributed by atoms with Gasteiger partial charge in [0.1, 0.15) is 5.82 Å². The summed E-state index contributed by atoms with van der Waals surface area (Å²) in [5.74, 6) is 1.30. The second-order valence-corrected chi connectivity index (χ2v) is 5.46. The minimum absolute atomic E-state index is 0.576. The summed E-state index contributed by atoms with van der Waals surface area (Å²) in [6.45, 7) is 0. The van der Waals surface area contributed by atoms with Crippen molar-refractivity contribution in [2.75, 3.05) is 19.5 Å². The number of fused-ring (bicyclic) bond motifs is 1. The Kier molecular flexibility index (Phi) is 3.74. The van der Waals surface area contributed by atoms with E-state index in [1.165, 1.54) is 0 Å². The van der Waals surface area contributed by atoms with E-state index in [1.54, 1.807) is 13.3 Å². The molecule has 0 radical (unpaired) electrons. The third-order valence-electron chi connectivity index (χ3n) is 4.07. The maximum Gasteiger partial charge on any atom is 0.213 e. The first-order chi connectivity index (χ1) is 12.3. The van der Waals surface area contributed by atoms with Gasteiger partial charge in [-0.05, 0) is 35.4 Å². The van der Waals surface area contributed by atoms with E-state index in [9.17, 15) is 0 Å². The first-order valence-corrected chi connectivity index (χ1v) is 7.78. The summed E-state index contributed by atoms with van der Waals surface area (Å²) < 4.78 is 5.23. The van der Waals surface area contributed by atoms with Crippen molar-refractivity contribution in [2.24, 2.45) is 0 Å². The van der Waals surface area contributed by atoms with Crippen molar-refractivity contribution in [3.05, 3.63) is 48.8 Å². The average Bonchev–Trinajstić information content (AvgIpc) is 3.17. The molecule has 4 aromatic rings. The van der Waals surface area contributed by atoms with E-state index in [0.29, 0.717) is 5.88 Å². The van der Waals surface area contributed by atoms with Crippen LogP contribution >= 0.6 is 0 Å². The lowest BCUT2D eigenvalue weighted by Crippen LogP contribution is -1.95. The van der Waals surface area contributed by atoms with Crippen molar-refractivity contribution in [1.82, 2.24) is 25.4 Å². The molecule has 3 aromatic heterocycles. The van der Waals surface area contributed by atoms with Gasteiger partial charge in [0.25, 0.3) is 0 Å². The van der Waals surface area contributed by atoms with Gasteiger partial charge in [-0.25, -0.2) is 4.98 Å².